The van der Waals surface area contributed by atoms with Gasteiger partial charge in [-0.1, -0.05) is 6.07 Å². The van der Waals surface area contributed by atoms with Gasteiger partial charge in [0.25, 0.3) is 0 Å². The number of imidazole rings is 1. The molecule has 1 aromatic carbocycles. The molecular formula is C27H29N7O2. The SMILES string of the molecule is COc1nccc(-c2ccc3nc(Cc4cc(CN5CCN(C(=O)C6CC6)CC5)ccn4)[nH]c3c2)n1. The molecule has 4 aromatic rings. The molecule has 36 heavy (non-hydrogen) atoms. The van der Waals surface area contributed by atoms with Crippen LogP contribution in [0.1, 0.15) is 29.9 Å². The van der Waals surface area contributed by atoms with E-state index in [0.717, 1.165) is 79.4 Å². The third-order valence-corrected chi connectivity index (χ3v) is 6.89. The van der Waals surface area contributed by atoms with Crippen LogP contribution in [-0.4, -0.2) is 73.9 Å². The van der Waals surface area contributed by atoms with Crippen molar-refractivity contribution in [3.05, 3.63) is 65.9 Å². The molecule has 4 heterocycles. The van der Waals surface area contributed by atoms with Crippen molar-refractivity contribution >= 4 is 16.9 Å². The van der Waals surface area contributed by atoms with Crippen LogP contribution in [0.15, 0.2) is 48.8 Å². The lowest BCUT2D eigenvalue weighted by Gasteiger charge is -2.35. The third kappa shape index (κ3) is 4.92. The molecule has 2 aliphatic rings. The van der Waals surface area contributed by atoms with Crippen LogP contribution in [-0.2, 0) is 17.8 Å². The first kappa shape index (κ1) is 22.6. The number of hydrogen-bond donors (Lipinski definition) is 1. The Morgan fingerprint density at radius 3 is 2.67 bits per heavy atom. The van der Waals surface area contributed by atoms with Crippen LogP contribution in [0.4, 0.5) is 0 Å². The van der Waals surface area contributed by atoms with E-state index >= 15 is 0 Å². The summed E-state index contributed by atoms with van der Waals surface area (Å²) in [5.74, 6) is 1.54. The van der Waals surface area contributed by atoms with Crippen LogP contribution >= 0.6 is 0 Å². The van der Waals surface area contributed by atoms with Crippen LogP contribution < -0.4 is 4.74 Å². The maximum absolute atomic E-state index is 12.3. The molecule has 3 aromatic heterocycles. The first-order valence-electron chi connectivity index (χ1n) is 12.5. The van der Waals surface area contributed by atoms with E-state index in [0.29, 0.717) is 24.3 Å². The zero-order valence-electron chi connectivity index (χ0n) is 20.4. The average Bonchev–Trinajstić information content (AvgIpc) is 3.68. The van der Waals surface area contributed by atoms with E-state index in [4.69, 9.17) is 9.72 Å². The zero-order chi connectivity index (χ0) is 24.5. The Morgan fingerprint density at radius 2 is 1.86 bits per heavy atom. The molecule has 0 atom stereocenters. The molecule has 1 saturated carbocycles. The number of rotatable bonds is 7. The highest BCUT2D eigenvalue weighted by Crippen LogP contribution is 2.31. The first-order chi connectivity index (χ1) is 17.6. The van der Waals surface area contributed by atoms with Crippen LogP contribution in [0.5, 0.6) is 6.01 Å². The van der Waals surface area contributed by atoms with Gasteiger partial charge >= 0.3 is 6.01 Å². The monoisotopic (exact) mass is 483 g/mol. The molecule has 9 heteroatoms. The van der Waals surface area contributed by atoms with Crippen LogP contribution in [0.2, 0.25) is 0 Å². The lowest BCUT2D eigenvalue weighted by molar-refractivity contribution is -0.134. The summed E-state index contributed by atoms with van der Waals surface area (Å²) >= 11 is 0. The molecule has 1 amide bonds. The van der Waals surface area contributed by atoms with Gasteiger partial charge in [-0.2, -0.15) is 4.98 Å². The van der Waals surface area contributed by atoms with Crippen molar-refractivity contribution in [2.75, 3.05) is 33.3 Å². The van der Waals surface area contributed by atoms with Gasteiger partial charge in [-0.3, -0.25) is 14.7 Å². The second kappa shape index (κ2) is 9.66. The van der Waals surface area contributed by atoms with Crippen LogP contribution in [0, 0.1) is 5.92 Å². The number of amides is 1. The smallest absolute Gasteiger partial charge is 0.316 e. The van der Waals surface area contributed by atoms with Gasteiger partial charge in [0.05, 0.1) is 23.8 Å². The topological polar surface area (TPSA) is 100 Å². The van der Waals surface area contributed by atoms with Gasteiger partial charge in [-0.05, 0) is 48.7 Å². The summed E-state index contributed by atoms with van der Waals surface area (Å²) in [4.78, 5) is 38.1. The van der Waals surface area contributed by atoms with Crippen molar-refractivity contribution in [2.24, 2.45) is 5.92 Å². The number of fused-ring (bicyclic) bond motifs is 1. The Labute approximate surface area is 209 Å². The number of aromatic amines is 1. The minimum Gasteiger partial charge on any atom is -0.467 e. The number of nitrogens with zero attached hydrogens (tertiary/aromatic N) is 6. The highest BCUT2D eigenvalue weighted by atomic mass is 16.5. The van der Waals surface area contributed by atoms with Crippen molar-refractivity contribution in [3.8, 4) is 17.3 Å². The van der Waals surface area contributed by atoms with E-state index in [1.54, 1.807) is 13.3 Å². The second-order valence-electron chi connectivity index (χ2n) is 9.55. The number of hydrogen-bond acceptors (Lipinski definition) is 7. The molecule has 0 radical (unpaired) electrons. The summed E-state index contributed by atoms with van der Waals surface area (Å²) in [5, 5.41) is 0. The molecule has 9 nitrogen and oxygen atoms in total. The third-order valence-electron chi connectivity index (χ3n) is 6.89. The summed E-state index contributed by atoms with van der Waals surface area (Å²) < 4.78 is 5.15. The predicted octanol–water partition coefficient (Wildman–Crippen LogP) is 3.07. The standard InChI is InChI=1S/C27H29N7O2/c1-36-27-29-9-7-22(32-27)20-4-5-23-24(15-20)31-25(30-23)16-21-14-18(6-8-28-21)17-33-10-12-34(13-11-33)26(35)19-2-3-19/h4-9,14-15,19H,2-3,10-13,16-17H2,1H3,(H,30,31). The summed E-state index contributed by atoms with van der Waals surface area (Å²) in [7, 11) is 1.56. The van der Waals surface area contributed by atoms with Gasteiger partial charge in [-0.15, -0.1) is 0 Å². The molecule has 1 aliphatic carbocycles. The number of ether oxygens (including phenoxy) is 1. The van der Waals surface area contributed by atoms with Crippen molar-refractivity contribution in [1.29, 1.82) is 0 Å². The number of H-pyrrole nitrogens is 1. The highest BCUT2D eigenvalue weighted by molar-refractivity contribution is 5.81. The fourth-order valence-corrected chi connectivity index (χ4v) is 4.77. The highest BCUT2D eigenvalue weighted by Gasteiger charge is 2.34. The summed E-state index contributed by atoms with van der Waals surface area (Å²) in [6.45, 7) is 4.36. The lowest BCUT2D eigenvalue weighted by atomic mass is 10.1. The number of pyridine rings is 1. The van der Waals surface area contributed by atoms with Crippen molar-refractivity contribution in [1.82, 2.24) is 34.7 Å². The van der Waals surface area contributed by atoms with E-state index in [9.17, 15) is 4.79 Å². The van der Waals surface area contributed by atoms with Gasteiger partial charge in [0.15, 0.2) is 0 Å². The van der Waals surface area contributed by atoms with E-state index in [1.807, 2.05) is 35.4 Å². The lowest BCUT2D eigenvalue weighted by Crippen LogP contribution is -2.48. The fraction of sp³-hybridized carbons (Fsp3) is 0.370. The van der Waals surface area contributed by atoms with E-state index in [1.165, 1.54) is 5.56 Å². The maximum Gasteiger partial charge on any atom is 0.316 e. The minimum absolute atomic E-state index is 0.306. The van der Waals surface area contributed by atoms with Gasteiger partial charge in [0.1, 0.15) is 5.82 Å². The van der Waals surface area contributed by atoms with Crippen LogP contribution in [0.25, 0.3) is 22.3 Å². The molecule has 0 spiro atoms. The number of aromatic nitrogens is 5. The van der Waals surface area contributed by atoms with E-state index in [2.05, 4.69) is 37.0 Å². The van der Waals surface area contributed by atoms with Crippen molar-refractivity contribution in [2.45, 2.75) is 25.8 Å². The number of methoxy groups -OCH3 is 1. The molecule has 2 fully saturated rings. The summed E-state index contributed by atoms with van der Waals surface area (Å²) in [5.41, 5.74) is 5.84. The summed E-state index contributed by atoms with van der Waals surface area (Å²) in [6.07, 6.45) is 6.34. The fourth-order valence-electron chi connectivity index (χ4n) is 4.77. The quantitative estimate of drug-likeness (QED) is 0.431. The molecule has 6 rings (SSSR count). The Hall–Kier alpha value is -3.85. The molecule has 0 bridgehead atoms. The van der Waals surface area contributed by atoms with E-state index < -0.39 is 0 Å². The van der Waals surface area contributed by atoms with Crippen LogP contribution in [0.3, 0.4) is 0 Å². The van der Waals surface area contributed by atoms with Gasteiger partial charge in [0.2, 0.25) is 5.91 Å². The first-order valence-corrected chi connectivity index (χ1v) is 12.5. The molecule has 1 saturated heterocycles. The Morgan fingerprint density at radius 1 is 1.03 bits per heavy atom. The molecule has 1 aliphatic heterocycles. The maximum atomic E-state index is 12.3. The number of benzene rings is 1. The number of carbonyl (C=O) groups excluding carboxylic acids is 1. The molecule has 0 unspecified atom stereocenters. The molecule has 1 N–H and O–H groups in total. The van der Waals surface area contributed by atoms with Crippen molar-refractivity contribution in [3.63, 3.8) is 0 Å². The minimum atomic E-state index is 0.306. The second-order valence-corrected chi connectivity index (χ2v) is 9.55. The van der Waals surface area contributed by atoms with Gasteiger partial charge < -0.3 is 14.6 Å². The van der Waals surface area contributed by atoms with Gasteiger partial charge in [0, 0.05) is 68.7 Å². The van der Waals surface area contributed by atoms with E-state index in [-0.39, 0.29) is 0 Å². The normalized spacial score (nSPS) is 16.4. The van der Waals surface area contributed by atoms with Crippen molar-refractivity contribution < 1.29 is 9.53 Å². The molecular weight excluding hydrogens is 454 g/mol. The Balaban J connectivity index is 1.11. The number of carbonyl (C=O) groups is 1. The largest absolute Gasteiger partial charge is 0.467 e. The summed E-state index contributed by atoms with van der Waals surface area (Å²) in [6, 6.07) is 12.5. The Kier molecular flexibility index (Phi) is 6.06. The Bertz CT molecular complexity index is 1390. The average molecular weight is 484 g/mol. The zero-order valence-corrected chi connectivity index (χ0v) is 20.4. The number of nitrogens with one attached hydrogen (secondary N) is 1. The molecule has 184 valence electrons. The van der Waals surface area contributed by atoms with Gasteiger partial charge in [-0.25, -0.2) is 9.97 Å². The predicted molar refractivity (Wildman–Crippen MR) is 135 cm³/mol. The number of piperazine rings is 1.